The molecule has 0 bridgehead atoms. The van der Waals surface area contributed by atoms with E-state index in [0.29, 0.717) is 43.1 Å². The topological polar surface area (TPSA) is 34.1 Å². The van der Waals surface area contributed by atoms with Crippen molar-refractivity contribution in [2.24, 2.45) is 0 Å². The minimum Gasteiger partial charge on any atom is -0.289 e. The molecular formula is C45H30F6O2S2. The number of hydrogen-bond donors (Lipinski definition) is 0. The fourth-order valence-corrected chi connectivity index (χ4v) is 8.34. The molecule has 2 nitrogen and oxygen atoms in total. The van der Waals surface area contributed by atoms with E-state index in [0.717, 1.165) is 22.7 Å². The minimum atomic E-state index is -5.68. The minimum absolute atomic E-state index is 0.156. The van der Waals surface area contributed by atoms with Crippen LogP contribution in [0.15, 0.2) is 121 Å². The van der Waals surface area contributed by atoms with Gasteiger partial charge in [0.2, 0.25) is 0 Å². The molecular weight excluding hydrogens is 751 g/mol. The number of hydrogen-bond acceptors (Lipinski definition) is 4. The second-order valence-electron chi connectivity index (χ2n) is 13.0. The zero-order valence-corrected chi connectivity index (χ0v) is 30.9. The third-order valence-corrected chi connectivity index (χ3v) is 11.4. The number of thiophene rings is 2. The Kier molecular flexibility index (Phi) is 10.00. The maximum absolute atomic E-state index is 15.7. The predicted octanol–water partition coefficient (Wildman–Crippen LogP) is 13.1. The molecule has 0 N–H and O–H groups in total. The van der Waals surface area contributed by atoms with Crippen LogP contribution in [-0.4, -0.2) is 29.3 Å². The fraction of sp³-hybridized carbons (Fsp3) is 0.111. The average Bonchev–Trinajstić information content (AvgIpc) is 3.77. The van der Waals surface area contributed by atoms with Crippen LogP contribution in [0.3, 0.4) is 0 Å². The van der Waals surface area contributed by atoms with Gasteiger partial charge in [-0.1, -0.05) is 121 Å². The van der Waals surface area contributed by atoms with Crippen LogP contribution in [-0.2, 0) is 0 Å². The molecule has 0 atom stereocenters. The smallest absolute Gasteiger partial charge is 0.289 e. The highest BCUT2D eigenvalue weighted by molar-refractivity contribution is 7.13. The van der Waals surface area contributed by atoms with Gasteiger partial charge in [0.05, 0.1) is 0 Å². The van der Waals surface area contributed by atoms with Gasteiger partial charge in [0.15, 0.2) is 11.6 Å². The number of halogens is 6. The van der Waals surface area contributed by atoms with Gasteiger partial charge in [-0.25, -0.2) is 0 Å². The lowest BCUT2D eigenvalue weighted by Gasteiger charge is -2.25. The quantitative estimate of drug-likeness (QED) is 0.102. The van der Waals surface area contributed by atoms with Crippen molar-refractivity contribution < 1.29 is 35.9 Å². The number of rotatable bonds is 10. The van der Waals surface area contributed by atoms with Gasteiger partial charge in [-0.05, 0) is 60.4 Å². The van der Waals surface area contributed by atoms with Crippen molar-refractivity contribution in [3.05, 3.63) is 185 Å². The highest BCUT2D eigenvalue weighted by Gasteiger charge is 2.80. The summed E-state index contributed by atoms with van der Waals surface area (Å²) in [6, 6.07) is 33.4. The van der Waals surface area contributed by atoms with E-state index in [1.54, 1.807) is 121 Å². The lowest BCUT2D eigenvalue weighted by atomic mass is 9.95. The summed E-state index contributed by atoms with van der Waals surface area (Å²) < 4.78 is 93.2. The zero-order chi connectivity index (χ0) is 39.1. The first-order chi connectivity index (χ1) is 26.2. The van der Waals surface area contributed by atoms with Gasteiger partial charge in [0.1, 0.15) is 0 Å². The Labute approximate surface area is 321 Å². The summed E-state index contributed by atoms with van der Waals surface area (Å²) in [5.74, 6) is -16.3. The zero-order valence-electron chi connectivity index (χ0n) is 29.3. The fourth-order valence-electron chi connectivity index (χ4n) is 6.46. The summed E-state index contributed by atoms with van der Waals surface area (Å²) in [7, 11) is 0. The molecule has 0 amide bonds. The van der Waals surface area contributed by atoms with Crippen molar-refractivity contribution in [3.8, 4) is 0 Å². The summed E-state index contributed by atoms with van der Waals surface area (Å²) in [5.41, 5.74) is -0.190. The number of carbonyl (C=O) groups excluding carboxylic acids is 2. The first-order valence-corrected chi connectivity index (χ1v) is 18.7. The summed E-state index contributed by atoms with van der Waals surface area (Å²) >= 11 is 2.03. The van der Waals surface area contributed by atoms with Gasteiger partial charge in [-0.3, -0.25) is 9.59 Å². The van der Waals surface area contributed by atoms with Crippen LogP contribution < -0.4 is 0 Å². The molecule has 0 saturated carbocycles. The van der Waals surface area contributed by atoms with E-state index in [-0.39, 0.29) is 32.4 Å². The normalized spacial score (nSPS) is 16.0. The van der Waals surface area contributed by atoms with Gasteiger partial charge >= 0.3 is 17.8 Å². The summed E-state index contributed by atoms with van der Waals surface area (Å²) in [4.78, 5) is 26.6. The van der Waals surface area contributed by atoms with E-state index in [4.69, 9.17) is 0 Å². The standard InChI is InChI=1S/C45H30F6O2S2/c1-27-37(25-35(54-27)23-17-29-13-19-33(20-14-29)41(52)31-9-5-3-6-10-31)39-40(44(48,49)45(50,51)43(39,46)47)38-26-36(55-28(38)2)24-18-30-15-21-34(22-16-30)42(53)32-11-7-4-8-12-32/h3-26H,1-2H3/b23-17+,24-18+. The Morgan fingerprint density at radius 1 is 0.473 bits per heavy atom. The van der Waals surface area contributed by atoms with Crippen molar-refractivity contribution in [1.82, 2.24) is 0 Å². The first-order valence-electron chi connectivity index (χ1n) is 17.0. The Hall–Kier alpha value is -5.58. The molecule has 276 valence electrons. The van der Waals surface area contributed by atoms with E-state index < -0.39 is 28.9 Å². The van der Waals surface area contributed by atoms with Gasteiger partial charge < -0.3 is 0 Å². The molecule has 0 radical (unpaired) electrons. The maximum Gasteiger partial charge on any atom is 0.380 e. The van der Waals surface area contributed by atoms with Crippen LogP contribution in [0, 0.1) is 13.8 Å². The molecule has 4 aromatic carbocycles. The van der Waals surface area contributed by atoms with E-state index in [1.807, 2.05) is 12.1 Å². The summed E-state index contributed by atoms with van der Waals surface area (Å²) in [5, 5.41) is 0. The van der Waals surface area contributed by atoms with Crippen molar-refractivity contribution >= 4 is 69.7 Å². The van der Waals surface area contributed by atoms with Crippen LogP contribution in [0.4, 0.5) is 26.3 Å². The van der Waals surface area contributed by atoms with E-state index in [1.165, 1.54) is 26.0 Å². The van der Waals surface area contributed by atoms with Crippen molar-refractivity contribution in [1.29, 1.82) is 0 Å². The molecule has 7 rings (SSSR count). The second kappa shape index (κ2) is 14.6. The van der Waals surface area contributed by atoms with Crippen molar-refractivity contribution in [3.63, 3.8) is 0 Å². The van der Waals surface area contributed by atoms with Crippen LogP contribution in [0.25, 0.3) is 35.5 Å². The largest absolute Gasteiger partial charge is 0.380 e. The third kappa shape index (κ3) is 6.96. The van der Waals surface area contributed by atoms with Crippen LogP contribution in [0.5, 0.6) is 0 Å². The number of aryl methyl sites for hydroxylation is 2. The molecule has 0 spiro atoms. The molecule has 0 aliphatic heterocycles. The molecule has 10 heteroatoms. The molecule has 0 unspecified atom stereocenters. The number of allylic oxidation sites excluding steroid dienone is 2. The molecule has 1 aliphatic rings. The maximum atomic E-state index is 15.7. The van der Waals surface area contributed by atoms with E-state index >= 15 is 26.3 Å². The van der Waals surface area contributed by atoms with Gasteiger partial charge in [0, 0.05) is 52.9 Å². The van der Waals surface area contributed by atoms with Crippen LogP contribution in [0.1, 0.15) is 73.6 Å². The highest BCUT2D eigenvalue weighted by Crippen LogP contribution is 2.65. The molecule has 0 saturated heterocycles. The number of alkyl halides is 6. The van der Waals surface area contributed by atoms with Crippen LogP contribution >= 0.6 is 22.7 Å². The summed E-state index contributed by atoms with van der Waals surface area (Å²) in [6.07, 6.45) is 6.49. The van der Waals surface area contributed by atoms with Crippen molar-refractivity contribution in [2.75, 3.05) is 0 Å². The van der Waals surface area contributed by atoms with E-state index in [9.17, 15) is 9.59 Å². The average molecular weight is 781 g/mol. The number of carbonyl (C=O) groups is 2. The van der Waals surface area contributed by atoms with Gasteiger partial charge in [0.25, 0.3) is 0 Å². The Morgan fingerprint density at radius 3 is 1.15 bits per heavy atom. The number of benzene rings is 4. The highest BCUT2D eigenvalue weighted by atomic mass is 32.1. The SMILES string of the molecule is Cc1sc(/C=C/c2ccc(C(=O)c3ccccc3)cc2)cc1C1=C(c2cc(/C=C/c3ccc(C(=O)c4ccccc4)cc3)sc2C)C(F)(F)C(F)(F)C1(F)F. The molecule has 2 aromatic heterocycles. The van der Waals surface area contributed by atoms with Crippen LogP contribution in [0.2, 0.25) is 0 Å². The molecule has 2 heterocycles. The Balaban J connectivity index is 1.18. The first kappa shape index (κ1) is 37.7. The Morgan fingerprint density at radius 2 is 0.800 bits per heavy atom. The summed E-state index contributed by atoms with van der Waals surface area (Å²) in [6.45, 7) is 2.87. The lowest BCUT2D eigenvalue weighted by molar-refractivity contribution is -0.254. The van der Waals surface area contributed by atoms with Gasteiger partial charge in [-0.15, -0.1) is 22.7 Å². The van der Waals surface area contributed by atoms with E-state index in [2.05, 4.69) is 0 Å². The van der Waals surface area contributed by atoms with Gasteiger partial charge in [-0.2, -0.15) is 26.3 Å². The predicted molar refractivity (Wildman–Crippen MR) is 210 cm³/mol. The third-order valence-electron chi connectivity index (χ3n) is 9.38. The molecule has 1 aliphatic carbocycles. The molecule has 6 aromatic rings. The van der Waals surface area contributed by atoms with Crippen molar-refractivity contribution in [2.45, 2.75) is 31.6 Å². The second-order valence-corrected chi connectivity index (χ2v) is 15.6. The lowest BCUT2D eigenvalue weighted by Crippen LogP contribution is -2.48. The molecule has 0 fully saturated rings. The number of ketones is 2. The Bertz CT molecular complexity index is 2320. The monoisotopic (exact) mass is 780 g/mol. The molecule has 55 heavy (non-hydrogen) atoms.